The van der Waals surface area contributed by atoms with E-state index < -0.39 is 0 Å². The minimum Gasteiger partial charge on any atom is -0.352 e. The highest BCUT2D eigenvalue weighted by atomic mass is 127. The number of carbonyl (C=O) groups excluding carboxylic acids is 1. The third kappa shape index (κ3) is 4.54. The van der Waals surface area contributed by atoms with Gasteiger partial charge in [0.2, 0.25) is 0 Å². The summed E-state index contributed by atoms with van der Waals surface area (Å²) in [5, 5.41) is 3.02. The molecule has 0 saturated carbocycles. The molecule has 120 valence electrons. The fourth-order valence-corrected chi connectivity index (χ4v) is 3.52. The summed E-state index contributed by atoms with van der Waals surface area (Å²) in [5.74, 6) is 0.0208. The summed E-state index contributed by atoms with van der Waals surface area (Å²) in [6, 6.07) is 16.4. The molecular formula is C19H21IN2O. The van der Waals surface area contributed by atoms with Crippen molar-refractivity contribution in [3.8, 4) is 0 Å². The fourth-order valence-electron chi connectivity index (χ4n) is 2.98. The molecule has 1 aliphatic heterocycles. The Morgan fingerprint density at radius 2 is 1.96 bits per heavy atom. The molecule has 1 heterocycles. The van der Waals surface area contributed by atoms with Crippen molar-refractivity contribution in [1.29, 1.82) is 0 Å². The number of fused-ring (bicyclic) bond motifs is 1. The van der Waals surface area contributed by atoms with Crippen LogP contribution in [0.2, 0.25) is 0 Å². The summed E-state index contributed by atoms with van der Waals surface area (Å²) in [6.45, 7) is 3.90. The molecule has 0 unspecified atom stereocenters. The molecule has 4 heteroatoms. The van der Waals surface area contributed by atoms with Crippen molar-refractivity contribution in [2.24, 2.45) is 0 Å². The molecule has 0 saturated heterocycles. The lowest BCUT2D eigenvalue weighted by Crippen LogP contribution is -2.33. The van der Waals surface area contributed by atoms with Gasteiger partial charge in [-0.1, -0.05) is 30.3 Å². The highest BCUT2D eigenvalue weighted by Crippen LogP contribution is 2.18. The van der Waals surface area contributed by atoms with Crippen LogP contribution in [0.4, 0.5) is 0 Å². The Hall–Kier alpha value is -1.40. The minimum atomic E-state index is 0.0208. The van der Waals surface area contributed by atoms with E-state index in [9.17, 15) is 4.79 Å². The highest BCUT2D eigenvalue weighted by Gasteiger charge is 2.15. The van der Waals surface area contributed by atoms with Gasteiger partial charge in [0.15, 0.2) is 0 Å². The molecule has 0 spiro atoms. The van der Waals surface area contributed by atoms with Gasteiger partial charge in [0.1, 0.15) is 0 Å². The average molecular weight is 420 g/mol. The second kappa shape index (κ2) is 7.93. The maximum absolute atomic E-state index is 12.1. The molecule has 1 amide bonds. The first-order valence-corrected chi connectivity index (χ1v) is 9.13. The lowest BCUT2D eigenvalue weighted by molar-refractivity contribution is 0.0951. The molecule has 0 fully saturated rings. The molecule has 3 nitrogen and oxygen atoms in total. The third-order valence-corrected chi connectivity index (χ3v) is 4.90. The lowest BCUT2D eigenvalue weighted by atomic mass is 10.00. The van der Waals surface area contributed by atoms with Crippen LogP contribution in [0.3, 0.4) is 0 Å². The first kappa shape index (κ1) is 16.5. The van der Waals surface area contributed by atoms with E-state index in [1.807, 2.05) is 24.3 Å². The zero-order valence-electron chi connectivity index (χ0n) is 13.1. The van der Waals surface area contributed by atoms with Crippen molar-refractivity contribution in [2.75, 3.05) is 19.6 Å². The predicted octanol–water partition coefficient (Wildman–Crippen LogP) is 3.47. The average Bonchev–Trinajstić information content (AvgIpc) is 2.58. The summed E-state index contributed by atoms with van der Waals surface area (Å²) in [7, 11) is 0. The van der Waals surface area contributed by atoms with Crippen LogP contribution in [-0.4, -0.2) is 30.4 Å². The molecule has 0 aromatic heterocycles. The maximum Gasteiger partial charge on any atom is 0.251 e. The number of nitrogens with zero attached hydrogens (tertiary/aromatic N) is 1. The number of rotatable bonds is 5. The molecule has 2 aromatic rings. The van der Waals surface area contributed by atoms with Crippen LogP contribution >= 0.6 is 22.6 Å². The van der Waals surface area contributed by atoms with Gasteiger partial charge in [0, 0.05) is 35.3 Å². The van der Waals surface area contributed by atoms with Crippen molar-refractivity contribution >= 4 is 28.5 Å². The molecule has 0 radical (unpaired) electrons. The topological polar surface area (TPSA) is 32.3 Å². The third-order valence-electron chi connectivity index (χ3n) is 4.23. The monoisotopic (exact) mass is 420 g/mol. The van der Waals surface area contributed by atoms with Gasteiger partial charge in [-0.05, 0) is 64.8 Å². The van der Waals surface area contributed by atoms with Crippen molar-refractivity contribution < 1.29 is 4.79 Å². The molecule has 3 rings (SSSR count). The quantitative estimate of drug-likeness (QED) is 0.594. The normalized spacial score (nSPS) is 14.3. The minimum absolute atomic E-state index is 0.0208. The van der Waals surface area contributed by atoms with Crippen LogP contribution in [-0.2, 0) is 13.0 Å². The van der Waals surface area contributed by atoms with Crippen LogP contribution in [0.15, 0.2) is 48.5 Å². The molecule has 1 aliphatic rings. The van der Waals surface area contributed by atoms with Gasteiger partial charge in [-0.2, -0.15) is 0 Å². The first-order chi connectivity index (χ1) is 11.2. The number of benzene rings is 2. The van der Waals surface area contributed by atoms with Gasteiger partial charge in [0.05, 0.1) is 0 Å². The van der Waals surface area contributed by atoms with Crippen LogP contribution < -0.4 is 5.32 Å². The van der Waals surface area contributed by atoms with Crippen LogP contribution in [0.1, 0.15) is 27.9 Å². The van der Waals surface area contributed by atoms with Crippen molar-refractivity contribution in [2.45, 2.75) is 19.4 Å². The summed E-state index contributed by atoms with van der Waals surface area (Å²) >= 11 is 2.23. The maximum atomic E-state index is 12.1. The van der Waals surface area contributed by atoms with Gasteiger partial charge in [-0.15, -0.1) is 0 Å². The first-order valence-electron chi connectivity index (χ1n) is 8.05. The summed E-state index contributed by atoms with van der Waals surface area (Å²) in [6.07, 6.45) is 2.11. The Bertz CT molecular complexity index is 687. The largest absolute Gasteiger partial charge is 0.352 e. The molecule has 0 atom stereocenters. The van der Waals surface area contributed by atoms with Crippen LogP contribution in [0.25, 0.3) is 0 Å². The van der Waals surface area contributed by atoms with Crippen molar-refractivity contribution in [3.63, 3.8) is 0 Å². The molecule has 23 heavy (non-hydrogen) atoms. The number of hydrogen-bond donors (Lipinski definition) is 1. The number of halogens is 1. The molecule has 2 aromatic carbocycles. The Balaban J connectivity index is 1.41. The van der Waals surface area contributed by atoms with E-state index in [1.54, 1.807) is 0 Å². The zero-order chi connectivity index (χ0) is 16.1. The molecule has 0 aliphatic carbocycles. The second-order valence-electron chi connectivity index (χ2n) is 5.91. The lowest BCUT2D eigenvalue weighted by Gasteiger charge is -2.28. The van der Waals surface area contributed by atoms with E-state index in [-0.39, 0.29) is 5.91 Å². The molecular weight excluding hydrogens is 399 g/mol. The number of hydrogen-bond acceptors (Lipinski definition) is 2. The molecule has 1 N–H and O–H groups in total. The van der Waals surface area contributed by atoms with E-state index >= 15 is 0 Å². The highest BCUT2D eigenvalue weighted by molar-refractivity contribution is 14.1. The Kier molecular flexibility index (Phi) is 5.67. The van der Waals surface area contributed by atoms with Crippen molar-refractivity contribution in [3.05, 3.63) is 68.8 Å². The number of nitrogens with one attached hydrogen (secondary N) is 1. The van der Waals surface area contributed by atoms with E-state index in [0.29, 0.717) is 0 Å². The van der Waals surface area contributed by atoms with Gasteiger partial charge in [-0.3, -0.25) is 9.69 Å². The summed E-state index contributed by atoms with van der Waals surface area (Å²) < 4.78 is 1.09. The van der Waals surface area contributed by atoms with E-state index in [0.717, 1.165) is 48.2 Å². The van der Waals surface area contributed by atoms with Crippen LogP contribution in [0.5, 0.6) is 0 Å². The summed E-state index contributed by atoms with van der Waals surface area (Å²) in [5.41, 5.74) is 3.67. The Morgan fingerprint density at radius 3 is 2.78 bits per heavy atom. The Morgan fingerprint density at radius 1 is 1.13 bits per heavy atom. The SMILES string of the molecule is O=C(NCCCN1CCc2ccccc2C1)c1cccc(I)c1. The van der Waals surface area contributed by atoms with Crippen LogP contribution in [0, 0.1) is 3.57 Å². The van der Waals surface area contributed by atoms with Crippen molar-refractivity contribution in [1.82, 2.24) is 10.2 Å². The van der Waals surface area contributed by atoms with E-state index in [2.05, 4.69) is 57.1 Å². The van der Waals surface area contributed by atoms with E-state index in [4.69, 9.17) is 0 Å². The fraction of sp³-hybridized carbons (Fsp3) is 0.316. The number of carbonyl (C=O) groups is 1. The summed E-state index contributed by atoms with van der Waals surface area (Å²) in [4.78, 5) is 14.6. The number of amides is 1. The standard InChI is InChI=1S/C19H21IN2O/c20-18-8-3-7-16(13-18)19(23)21-10-4-11-22-12-9-15-5-1-2-6-17(15)14-22/h1-3,5-8,13H,4,9-12,14H2,(H,21,23). The van der Waals surface area contributed by atoms with Gasteiger partial charge in [-0.25, -0.2) is 0 Å². The van der Waals surface area contributed by atoms with E-state index in [1.165, 1.54) is 11.1 Å². The zero-order valence-corrected chi connectivity index (χ0v) is 15.3. The van der Waals surface area contributed by atoms with Gasteiger partial charge < -0.3 is 5.32 Å². The second-order valence-corrected chi connectivity index (χ2v) is 7.16. The Labute approximate surface area is 151 Å². The smallest absolute Gasteiger partial charge is 0.251 e. The predicted molar refractivity (Wildman–Crippen MR) is 102 cm³/mol. The molecule has 0 bridgehead atoms. The van der Waals surface area contributed by atoms with Gasteiger partial charge >= 0.3 is 0 Å². The van der Waals surface area contributed by atoms with Gasteiger partial charge in [0.25, 0.3) is 5.91 Å².